The van der Waals surface area contributed by atoms with E-state index < -0.39 is 0 Å². The summed E-state index contributed by atoms with van der Waals surface area (Å²) in [5, 5.41) is 0. The lowest BCUT2D eigenvalue weighted by atomic mass is 9.90. The first-order chi connectivity index (χ1) is 15.4. The van der Waals surface area contributed by atoms with Crippen LogP contribution >= 0.6 is 15.9 Å². The first-order valence-corrected chi connectivity index (χ1v) is 12.0. The van der Waals surface area contributed by atoms with E-state index in [1.54, 1.807) is 24.1 Å². The Balaban J connectivity index is 1.29. The molecule has 4 rings (SSSR count). The molecule has 7 heteroatoms. The van der Waals surface area contributed by atoms with E-state index in [2.05, 4.69) is 20.8 Å². The molecule has 2 aromatic rings. The highest BCUT2D eigenvalue weighted by atomic mass is 79.9. The highest BCUT2D eigenvalue weighted by molar-refractivity contribution is 9.10. The number of rotatable bonds is 6. The molecular formula is C25H29BrFN3O2. The standard InChI is InChI=1S/C25H29BrFN3O2/c1-28-22(15-24(31)30(25(28)32)16-19-5-3-2-4-6-19)17-29-11-9-18(10-12-29)13-20-14-21(27)7-8-23(20)26/h2-8,14,18,22H,9-13,15-17H2,1H3. The van der Waals surface area contributed by atoms with Gasteiger partial charge in [0.15, 0.2) is 0 Å². The molecule has 0 aromatic heterocycles. The van der Waals surface area contributed by atoms with Gasteiger partial charge in [-0.25, -0.2) is 9.18 Å². The summed E-state index contributed by atoms with van der Waals surface area (Å²) < 4.78 is 14.5. The van der Waals surface area contributed by atoms with Crippen molar-refractivity contribution in [1.29, 1.82) is 0 Å². The largest absolute Gasteiger partial charge is 0.327 e. The van der Waals surface area contributed by atoms with Gasteiger partial charge in [-0.2, -0.15) is 0 Å². The van der Waals surface area contributed by atoms with Gasteiger partial charge in [0.2, 0.25) is 5.91 Å². The maximum atomic E-state index is 13.6. The lowest BCUT2D eigenvalue weighted by Gasteiger charge is -2.41. The van der Waals surface area contributed by atoms with Crippen LogP contribution in [0, 0.1) is 11.7 Å². The number of carbonyl (C=O) groups excluding carboxylic acids is 2. The summed E-state index contributed by atoms with van der Waals surface area (Å²) in [6.07, 6.45) is 3.27. The summed E-state index contributed by atoms with van der Waals surface area (Å²) >= 11 is 3.53. The molecule has 2 aliphatic rings. The molecule has 3 amide bonds. The highest BCUT2D eigenvalue weighted by Gasteiger charge is 2.37. The third-order valence-corrected chi connectivity index (χ3v) is 7.44. The molecule has 32 heavy (non-hydrogen) atoms. The Morgan fingerprint density at radius 3 is 2.50 bits per heavy atom. The molecule has 1 unspecified atom stereocenters. The Labute approximate surface area is 197 Å². The molecule has 170 valence electrons. The second-order valence-corrected chi connectivity index (χ2v) is 9.76. The second-order valence-electron chi connectivity index (χ2n) is 8.90. The minimum Gasteiger partial charge on any atom is -0.323 e. The van der Waals surface area contributed by atoms with Crippen LogP contribution in [-0.2, 0) is 17.8 Å². The predicted octanol–water partition coefficient (Wildman–Crippen LogP) is 4.70. The van der Waals surface area contributed by atoms with E-state index in [1.807, 2.05) is 30.3 Å². The zero-order valence-corrected chi connectivity index (χ0v) is 19.9. The number of piperidine rings is 1. The summed E-state index contributed by atoms with van der Waals surface area (Å²) in [5.41, 5.74) is 1.97. The third-order valence-electron chi connectivity index (χ3n) is 6.67. The number of halogens is 2. The van der Waals surface area contributed by atoms with Crippen LogP contribution < -0.4 is 0 Å². The lowest BCUT2D eigenvalue weighted by Crippen LogP contribution is -2.58. The summed E-state index contributed by atoms with van der Waals surface area (Å²) in [7, 11) is 1.80. The van der Waals surface area contributed by atoms with Crippen molar-refractivity contribution in [3.05, 3.63) is 69.9 Å². The number of hydrogen-bond acceptors (Lipinski definition) is 3. The van der Waals surface area contributed by atoms with Gasteiger partial charge in [-0.3, -0.25) is 9.69 Å². The van der Waals surface area contributed by atoms with Gasteiger partial charge in [-0.15, -0.1) is 0 Å². The molecule has 2 heterocycles. The van der Waals surface area contributed by atoms with Crippen LogP contribution in [0.15, 0.2) is 53.0 Å². The van der Waals surface area contributed by atoms with Crippen molar-refractivity contribution in [3.8, 4) is 0 Å². The zero-order valence-electron chi connectivity index (χ0n) is 18.3. The molecule has 0 spiro atoms. The average molecular weight is 502 g/mol. The summed E-state index contributed by atoms with van der Waals surface area (Å²) in [5.74, 6) is 0.211. The van der Waals surface area contributed by atoms with Gasteiger partial charge in [-0.1, -0.05) is 46.3 Å². The molecular weight excluding hydrogens is 473 g/mol. The molecule has 0 aliphatic carbocycles. The number of imide groups is 1. The molecule has 0 bridgehead atoms. The summed E-state index contributed by atoms with van der Waals surface area (Å²) in [4.78, 5) is 31.1. The first kappa shape index (κ1) is 22.9. The van der Waals surface area contributed by atoms with Gasteiger partial charge >= 0.3 is 6.03 Å². The van der Waals surface area contributed by atoms with Crippen LogP contribution in [0.1, 0.15) is 30.4 Å². The van der Waals surface area contributed by atoms with E-state index in [9.17, 15) is 14.0 Å². The van der Waals surface area contributed by atoms with Crippen molar-refractivity contribution >= 4 is 27.9 Å². The predicted molar refractivity (Wildman–Crippen MR) is 126 cm³/mol. The molecule has 0 N–H and O–H groups in total. The molecule has 5 nitrogen and oxygen atoms in total. The average Bonchev–Trinajstić information content (AvgIpc) is 2.79. The molecule has 2 saturated heterocycles. The number of urea groups is 1. The van der Waals surface area contributed by atoms with E-state index in [4.69, 9.17) is 0 Å². The van der Waals surface area contributed by atoms with E-state index >= 15 is 0 Å². The number of benzene rings is 2. The Kier molecular flexibility index (Phi) is 7.26. The van der Waals surface area contributed by atoms with Crippen LogP contribution in [0.4, 0.5) is 9.18 Å². The van der Waals surface area contributed by atoms with Gasteiger partial charge < -0.3 is 9.80 Å². The normalized spacial score (nSPS) is 20.8. The topological polar surface area (TPSA) is 43.9 Å². The number of hydrogen-bond donors (Lipinski definition) is 0. The van der Waals surface area contributed by atoms with Gasteiger partial charge in [0.25, 0.3) is 0 Å². The molecule has 0 radical (unpaired) electrons. The summed E-state index contributed by atoms with van der Waals surface area (Å²) in [6.45, 7) is 2.89. The Morgan fingerprint density at radius 1 is 1.06 bits per heavy atom. The Hall–Kier alpha value is -2.25. The Morgan fingerprint density at radius 2 is 1.78 bits per heavy atom. The maximum absolute atomic E-state index is 13.6. The van der Waals surface area contributed by atoms with Crippen molar-refractivity contribution < 1.29 is 14.0 Å². The number of likely N-dealkylation sites (N-methyl/N-ethyl adjacent to an activating group) is 1. The van der Waals surface area contributed by atoms with Gasteiger partial charge in [0, 0.05) is 24.5 Å². The SMILES string of the molecule is CN1C(=O)N(Cc2ccccc2)C(=O)CC1CN1CCC(Cc2cc(F)ccc2Br)CC1. The van der Waals surface area contributed by atoms with Gasteiger partial charge in [0.05, 0.1) is 12.6 Å². The van der Waals surface area contributed by atoms with Crippen LogP contribution in [-0.4, -0.2) is 59.4 Å². The molecule has 0 saturated carbocycles. The van der Waals surface area contributed by atoms with Crippen molar-refractivity contribution in [2.75, 3.05) is 26.7 Å². The van der Waals surface area contributed by atoms with E-state index in [1.165, 1.54) is 11.0 Å². The molecule has 2 aromatic carbocycles. The van der Waals surface area contributed by atoms with Crippen LogP contribution in [0.2, 0.25) is 0 Å². The van der Waals surface area contributed by atoms with E-state index in [0.29, 0.717) is 25.4 Å². The fraction of sp³-hybridized carbons (Fsp3) is 0.440. The number of carbonyl (C=O) groups is 2. The highest BCUT2D eigenvalue weighted by Crippen LogP contribution is 2.27. The molecule has 1 atom stereocenters. The first-order valence-electron chi connectivity index (χ1n) is 11.2. The fourth-order valence-corrected chi connectivity index (χ4v) is 5.10. The zero-order chi connectivity index (χ0) is 22.7. The van der Waals surface area contributed by atoms with Crippen LogP contribution in [0.3, 0.4) is 0 Å². The lowest BCUT2D eigenvalue weighted by molar-refractivity contribution is -0.133. The van der Waals surface area contributed by atoms with Crippen molar-refractivity contribution in [3.63, 3.8) is 0 Å². The van der Waals surface area contributed by atoms with Crippen LogP contribution in [0.5, 0.6) is 0 Å². The number of amides is 3. The smallest absolute Gasteiger partial charge is 0.323 e. The molecule has 2 aliphatic heterocycles. The number of likely N-dealkylation sites (tertiary alicyclic amines) is 1. The van der Waals surface area contributed by atoms with Crippen molar-refractivity contribution in [2.24, 2.45) is 5.92 Å². The monoisotopic (exact) mass is 501 g/mol. The van der Waals surface area contributed by atoms with E-state index in [-0.39, 0.29) is 23.8 Å². The minimum atomic E-state index is -0.221. The third kappa shape index (κ3) is 5.38. The van der Waals surface area contributed by atoms with Crippen molar-refractivity contribution in [2.45, 2.75) is 38.3 Å². The van der Waals surface area contributed by atoms with E-state index in [0.717, 1.165) is 48.0 Å². The van der Waals surface area contributed by atoms with Crippen molar-refractivity contribution in [1.82, 2.24) is 14.7 Å². The van der Waals surface area contributed by atoms with Crippen LogP contribution in [0.25, 0.3) is 0 Å². The maximum Gasteiger partial charge on any atom is 0.327 e. The van der Waals surface area contributed by atoms with Gasteiger partial charge in [-0.05, 0) is 67.6 Å². The fourth-order valence-electron chi connectivity index (χ4n) is 4.69. The summed E-state index contributed by atoms with van der Waals surface area (Å²) in [6, 6.07) is 14.1. The Bertz CT molecular complexity index is 963. The second kappa shape index (κ2) is 10.1. The minimum absolute atomic E-state index is 0.101. The van der Waals surface area contributed by atoms with Gasteiger partial charge in [0.1, 0.15) is 5.82 Å². The molecule has 2 fully saturated rings. The quantitative estimate of drug-likeness (QED) is 0.576. The number of nitrogens with zero attached hydrogens (tertiary/aromatic N) is 3.